The van der Waals surface area contributed by atoms with Crippen LogP contribution in [0.5, 0.6) is 5.75 Å². The minimum Gasteiger partial charge on any atom is -0.493 e. The Balaban J connectivity index is 0.898. The number of carbonyl (C=O) groups excluding carboxylic acids is 3. The van der Waals surface area contributed by atoms with E-state index < -0.39 is 47.4 Å². The molecule has 2 aliphatic heterocycles. The zero-order chi connectivity index (χ0) is 48.6. The van der Waals surface area contributed by atoms with Gasteiger partial charge in [-0.25, -0.2) is 4.98 Å². The molecule has 3 amide bonds. The number of nitrogens with one attached hydrogen (secondary N) is 2. The average Bonchev–Trinajstić information content (AvgIpc) is 4.07. The lowest BCUT2D eigenvalue weighted by Crippen LogP contribution is -2.58. The number of aliphatic hydroxyl groups excluding tert-OH is 1. The zero-order valence-corrected chi connectivity index (χ0v) is 41.0. The SMILES string of the molecule is Cc1ncsc1-c1ccc([C@H](C)NC(=O)[C@@H]2C[C@@H](O)CN2C(=O)[C@@H](NC(=O)CCOc2cccc(-c3ccc(C4=N[C@@H](CC(=O)O)c5nnc(C)n5-c5sc(C)c(C)c54)cc3)c2)C(C)(C)C)cc1. The highest BCUT2D eigenvalue weighted by atomic mass is 32.1. The molecular formula is C51H56N8O7S2. The molecule has 15 nitrogen and oxygen atoms in total. The average molecular weight is 957 g/mol. The molecule has 0 spiro atoms. The molecule has 5 heterocycles. The number of hydrogen-bond acceptors (Lipinski definition) is 12. The summed E-state index contributed by atoms with van der Waals surface area (Å²) in [6.45, 7) is 15.4. The lowest BCUT2D eigenvalue weighted by molar-refractivity contribution is -0.144. The van der Waals surface area contributed by atoms with Gasteiger partial charge in [-0.1, -0.05) is 81.4 Å². The Morgan fingerprint density at radius 1 is 0.912 bits per heavy atom. The van der Waals surface area contributed by atoms with Crippen molar-refractivity contribution in [2.45, 2.75) is 105 Å². The predicted molar refractivity (Wildman–Crippen MR) is 262 cm³/mol. The number of amides is 3. The summed E-state index contributed by atoms with van der Waals surface area (Å²) in [5, 5.41) is 36.0. The smallest absolute Gasteiger partial charge is 0.306 e. The van der Waals surface area contributed by atoms with Gasteiger partial charge in [-0.2, -0.15) is 0 Å². The summed E-state index contributed by atoms with van der Waals surface area (Å²) in [4.78, 5) is 66.4. The molecule has 0 bridgehead atoms. The quantitative estimate of drug-likeness (QED) is 0.0833. The maximum Gasteiger partial charge on any atom is 0.306 e. The summed E-state index contributed by atoms with van der Waals surface area (Å²) in [6.07, 6.45) is -1.07. The Bertz CT molecular complexity index is 2900. The first-order chi connectivity index (χ1) is 32.4. The number of ether oxygens (including phenoxy) is 1. The second-order valence-corrected chi connectivity index (χ2v) is 20.6. The number of thiophene rings is 1. The fourth-order valence-corrected chi connectivity index (χ4v) is 10.8. The Labute approximate surface area is 403 Å². The third-order valence-corrected chi connectivity index (χ3v) is 14.8. The van der Waals surface area contributed by atoms with Gasteiger partial charge in [0.1, 0.15) is 34.7 Å². The second-order valence-electron chi connectivity index (χ2n) is 18.6. The molecule has 0 saturated carbocycles. The summed E-state index contributed by atoms with van der Waals surface area (Å²) in [7, 11) is 0. The number of rotatable bonds is 14. The van der Waals surface area contributed by atoms with Crippen LogP contribution in [0.2, 0.25) is 0 Å². The molecule has 0 radical (unpaired) electrons. The van der Waals surface area contributed by atoms with Gasteiger partial charge in [-0.3, -0.25) is 28.7 Å². The van der Waals surface area contributed by atoms with Crippen molar-refractivity contribution in [1.82, 2.24) is 35.3 Å². The lowest BCUT2D eigenvalue weighted by Gasteiger charge is -2.35. The maximum absolute atomic E-state index is 14.2. The minimum absolute atomic E-state index is 0.0277. The highest BCUT2D eigenvalue weighted by Gasteiger charge is 2.45. The molecule has 3 aromatic heterocycles. The first-order valence-electron chi connectivity index (χ1n) is 22.6. The highest BCUT2D eigenvalue weighted by molar-refractivity contribution is 7.15. The number of carboxylic acids is 1. The maximum atomic E-state index is 14.2. The number of fused-ring (bicyclic) bond motifs is 3. The van der Waals surface area contributed by atoms with Crippen molar-refractivity contribution in [2.75, 3.05) is 13.2 Å². The van der Waals surface area contributed by atoms with Crippen molar-refractivity contribution in [3.8, 4) is 32.3 Å². The number of benzene rings is 3. The van der Waals surface area contributed by atoms with E-state index in [-0.39, 0.29) is 44.4 Å². The predicted octanol–water partition coefficient (Wildman–Crippen LogP) is 7.86. The summed E-state index contributed by atoms with van der Waals surface area (Å²) < 4.78 is 8.01. The molecule has 2 aliphatic rings. The molecular weight excluding hydrogens is 901 g/mol. The zero-order valence-electron chi connectivity index (χ0n) is 39.4. The van der Waals surface area contributed by atoms with Crippen molar-refractivity contribution in [1.29, 1.82) is 0 Å². The van der Waals surface area contributed by atoms with Gasteiger partial charge in [0, 0.05) is 29.0 Å². The van der Waals surface area contributed by atoms with E-state index in [9.17, 15) is 29.4 Å². The van der Waals surface area contributed by atoms with Crippen molar-refractivity contribution in [3.63, 3.8) is 0 Å². The van der Waals surface area contributed by atoms with Crippen molar-refractivity contribution in [3.05, 3.63) is 123 Å². The van der Waals surface area contributed by atoms with Crippen molar-refractivity contribution in [2.24, 2.45) is 10.4 Å². The molecule has 0 aliphatic carbocycles. The van der Waals surface area contributed by atoms with Crippen LogP contribution in [0.15, 0.2) is 83.3 Å². The van der Waals surface area contributed by atoms with Gasteiger partial charge in [0.05, 0.1) is 53.4 Å². The number of aliphatic imine (C=N–C) groups is 1. The van der Waals surface area contributed by atoms with E-state index in [0.29, 0.717) is 23.1 Å². The van der Waals surface area contributed by atoms with Gasteiger partial charge in [0.25, 0.3) is 0 Å². The van der Waals surface area contributed by atoms with E-state index >= 15 is 0 Å². The number of hydrogen-bond donors (Lipinski definition) is 4. The molecule has 6 aromatic rings. The molecule has 1 saturated heterocycles. The molecule has 5 atom stereocenters. The van der Waals surface area contributed by atoms with E-state index in [1.54, 1.807) is 22.7 Å². The fourth-order valence-electron chi connectivity index (χ4n) is 8.79. The van der Waals surface area contributed by atoms with Crippen LogP contribution < -0.4 is 15.4 Å². The number of β-amino-alcohol motifs (C(OH)–C–C–N with tert-alkyl or cyclic N) is 1. The van der Waals surface area contributed by atoms with Crippen LogP contribution in [0.3, 0.4) is 0 Å². The third-order valence-electron chi connectivity index (χ3n) is 12.6. The summed E-state index contributed by atoms with van der Waals surface area (Å²) in [5.74, 6) is -0.463. The lowest BCUT2D eigenvalue weighted by atomic mass is 9.85. The summed E-state index contributed by atoms with van der Waals surface area (Å²) in [6, 6.07) is 20.4. The molecule has 354 valence electrons. The topological polar surface area (TPSA) is 201 Å². The van der Waals surface area contributed by atoms with Gasteiger partial charge in [0.15, 0.2) is 5.82 Å². The van der Waals surface area contributed by atoms with Crippen molar-refractivity contribution < 1.29 is 34.1 Å². The first-order valence-corrected chi connectivity index (χ1v) is 24.3. The number of likely N-dealkylation sites (tertiary alicyclic amines) is 1. The standard InChI is InChI=1S/C51H56N8O7S2/c1-27-30(4)68-50-43(27)44(54-39(24-42(62)63)47-57-56-31(5)59(47)50)34-16-14-33(15-17-34)36-10-9-11-38(22-36)66-21-20-41(61)55-46(51(6,7)8)49(65)58-25-37(60)23-40(58)48(64)53-28(2)32-12-18-35(19-13-32)45-29(3)52-26-67-45/h9-19,22,26,28,37,39-40,46,60H,20-21,23-25H2,1-8H3,(H,53,64)(H,55,61)(H,62,63)/t28-,37+,39-,40-,46+/m0/s1. The molecule has 0 unspecified atom stereocenters. The van der Waals surface area contributed by atoms with E-state index in [1.165, 1.54) is 4.90 Å². The number of aromatic nitrogens is 4. The molecule has 1 fully saturated rings. The highest BCUT2D eigenvalue weighted by Crippen LogP contribution is 2.40. The number of thiazole rings is 1. The number of carbonyl (C=O) groups is 4. The van der Waals surface area contributed by atoms with Crippen LogP contribution >= 0.6 is 22.7 Å². The number of aryl methyl sites for hydroxylation is 3. The van der Waals surface area contributed by atoms with Gasteiger partial charge in [-0.05, 0) is 80.0 Å². The number of carboxylic acid groups (broad SMARTS) is 1. The molecule has 8 rings (SSSR count). The monoisotopic (exact) mass is 956 g/mol. The van der Waals surface area contributed by atoms with Crippen LogP contribution in [0.25, 0.3) is 26.6 Å². The van der Waals surface area contributed by atoms with Crippen LogP contribution in [0, 0.1) is 33.1 Å². The van der Waals surface area contributed by atoms with Gasteiger partial charge in [-0.15, -0.1) is 32.9 Å². The van der Waals surface area contributed by atoms with Crippen LogP contribution in [0.1, 0.15) is 104 Å². The van der Waals surface area contributed by atoms with Gasteiger partial charge >= 0.3 is 5.97 Å². The summed E-state index contributed by atoms with van der Waals surface area (Å²) in [5.41, 5.74) is 9.32. The summed E-state index contributed by atoms with van der Waals surface area (Å²) >= 11 is 3.18. The first kappa shape index (κ1) is 47.9. The van der Waals surface area contributed by atoms with E-state index in [4.69, 9.17) is 9.73 Å². The largest absolute Gasteiger partial charge is 0.493 e. The van der Waals surface area contributed by atoms with Crippen LogP contribution in [-0.2, 0) is 19.2 Å². The molecule has 17 heteroatoms. The number of aliphatic hydroxyl groups is 1. The van der Waals surface area contributed by atoms with Gasteiger partial charge < -0.3 is 30.5 Å². The van der Waals surface area contributed by atoms with E-state index in [1.807, 2.05) is 124 Å². The molecule has 4 N–H and O–H groups in total. The number of aliphatic carboxylic acids is 1. The molecule has 68 heavy (non-hydrogen) atoms. The van der Waals surface area contributed by atoms with Gasteiger partial charge in [0.2, 0.25) is 17.7 Å². The van der Waals surface area contributed by atoms with E-state index in [2.05, 4.69) is 39.7 Å². The third kappa shape index (κ3) is 10.0. The van der Waals surface area contributed by atoms with Crippen molar-refractivity contribution >= 4 is 52.1 Å². The van der Waals surface area contributed by atoms with Crippen LogP contribution in [-0.4, -0.2) is 95.6 Å². The normalized spacial score (nSPS) is 17.6. The number of nitrogens with zero attached hydrogens (tertiary/aromatic N) is 6. The molecule has 3 aromatic carbocycles. The Kier molecular flexibility index (Phi) is 13.8. The second kappa shape index (κ2) is 19.6. The fraction of sp³-hybridized carbons (Fsp3) is 0.373. The van der Waals surface area contributed by atoms with E-state index in [0.717, 1.165) is 59.4 Å². The van der Waals surface area contributed by atoms with Crippen LogP contribution in [0.4, 0.5) is 0 Å². The Morgan fingerprint density at radius 2 is 1.62 bits per heavy atom. The Hall–Kier alpha value is -6.56. The Morgan fingerprint density at radius 3 is 2.29 bits per heavy atom. The minimum atomic E-state index is -0.979.